The van der Waals surface area contributed by atoms with Crippen LogP contribution in [-0.4, -0.2) is 52.2 Å². The van der Waals surface area contributed by atoms with E-state index in [-0.39, 0.29) is 11.7 Å². The molecule has 0 aliphatic carbocycles. The first-order valence-electron chi connectivity index (χ1n) is 9.79. The van der Waals surface area contributed by atoms with Gasteiger partial charge in [-0.25, -0.2) is 9.37 Å². The van der Waals surface area contributed by atoms with Gasteiger partial charge >= 0.3 is 0 Å². The predicted octanol–water partition coefficient (Wildman–Crippen LogP) is 2.20. The number of nitrogens with zero attached hydrogens (tertiary/aromatic N) is 6. The number of amides is 1. The minimum absolute atomic E-state index is 0.290. The molecule has 0 atom stereocenters. The minimum atomic E-state index is -0.309. The Morgan fingerprint density at radius 1 is 1.16 bits per heavy atom. The number of piperazine rings is 1. The van der Waals surface area contributed by atoms with Gasteiger partial charge in [0.15, 0.2) is 0 Å². The number of aromatic nitrogens is 3. The van der Waals surface area contributed by atoms with Crippen LogP contribution in [0.2, 0.25) is 0 Å². The molecule has 1 aromatic carbocycles. The van der Waals surface area contributed by atoms with E-state index < -0.39 is 0 Å². The average molecular weight is 438 g/mol. The van der Waals surface area contributed by atoms with Crippen LogP contribution in [0.25, 0.3) is 0 Å². The highest BCUT2D eigenvalue weighted by Crippen LogP contribution is 2.18. The van der Waals surface area contributed by atoms with Crippen molar-refractivity contribution in [3.05, 3.63) is 69.6 Å². The standard InChI is InChI=1S/C21H20FN7OS/c22-17-3-1-15(2-4-17)13-25-20(30)21-27-26-19(31-21)14-28-7-9-29(10-8-28)18-11-16(12-23)5-6-24-18/h1-6,11H,7-10,13-14H2,(H,25,30). The monoisotopic (exact) mass is 437 g/mol. The Kier molecular flexibility index (Phi) is 6.45. The van der Waals surface area contributed by atoms with Gasteiger partial charge in [-0.2, -0.15) is 5.26 Å². The van der Waals surface area contributed by atoms with Crippen LogP contribution in [0.4, 0.5) is 10.2 Å². The van der Waals surface area contributed by atoms with Crippen molar-refractivity contribution in [1.82, 2.24) is 25.4 Å². The van der Waals surface area contributed by atoms with Crippen molar-refractivity contribution in [3.8, 4) is 6.07 Å². The molecule has 4 rings (SSSR count). The van der Waals surface area contributed by atoms with E-state index in [1.54, 1.807) is 30.5 Å². The van der Waals surface area contributed by atoms with Gasteiger partial charge in [0.05, 0.1) is 18.2 Å². The topological polar surface area (TPSA) is 98.0 Å². The van der Waals surface area contributed by atoms with Crippen molar-refractivity contribution in [2.75, 3.05) is 31.1 Å². The van der Waals surface area contributed by atoms with Crippen LogP contribution in [0.3, 0.4) is 0 Å². The number of carbonyl (C=O) groups is 1. The van der Waals surface area contributed by atoms with Crippen molar-refractivity contribution >= 4 is 23.1 Å². The molecule has 10 heteroatoms. The Bertz CT molecular complexity index is 1090. The van der Waals surface area contributed by atoms with Crippen LogP contribution in [0.1, 0.15) is 25.9 Å². The molecule has 8 nitrogen and oxygen atoms in total. The summed E-state index contributed by atoms with van der Waals surface area (Å²) in [6.45, 7) is 4.17. The molecule has 3 heterocycles. The van der Waals surface area contributed by atoms with Crippen LogP contribution in [-0.2, 0) is 13.1 Å². The molecule has 0 radical (unpaired) electrons. The number of hydrogen-bond acceptors (Lipinski definition) is 8. The summed E-state index contributed by atoms with van der Waals surface area (Å²) in [5.41, 5.74) is 1.42. The molecule has 2 aromatic heterocycles. The van der Waals surface area contributed by atoms with Gasteiger partial charge in [-0.05, 0) is 29.8 Å². The van der Waals surface area contributed by atoms with Gasteiger partial charge in [0, 0.05) is 38.9 Å². The largest absolute Gasteiger partial charge is 0.354 e. The van der Waals surface area contributed by atoms with Gasteiger partial charge in [-0.15, -0.1) is 10.2 Å². The molecule has 1 amide bonds. The summed E-state index contributed by atoms with van der Waals surface area (Å²) < 4.78 is 13.0. The first kappa shape index (κ1) is 20.8. The zero-order valence-electron chi connectivity index (χ0n) is 16.7. The zero-order chi connectivity index (χ0) is 21.6. The summed E-state index contributed by atoms with van der Waals surface area (Å²) in [7, 11) is 0. The fourth-order valence-electron chi connectivity index (χ4n) is 3.26. The Morgan fingerprint density at radius 2 is 1.94 bits per heavy atom. The molecule has 1 N–H and O–H groups in total. The lowest BCUT2D eigenvalue weighted by Gasteiger charge is -2.34. The molecule has 1 aliphatic heterocycles. The van der Waals surface area contributed by atoms with E-state index in [0.29, 0.717) is 23.7 Å². The van der Waals surface area contributed by atoms with Crippen molar-refractivity contribution in [3.63, 3.8) is 0 Å². The smallest absolute Gasteiger partial charge is 0.282 e. The highest BCUT2D eigenvalue weighted by molar-refractivity contribution is 7.13. The predicted molar refractivity (Wildman–Crippen MR) is 114 cm³/mol. The van der Waals surface area contributed by atoms with Crippen LogP contribution >= 0.6 is 11.3 Å². The number of benzene rings is 1. The van der Waals surface area contributed by atoms with Gasteiger partial charge < -0.3 is 10.2 Å². The third-order valence-electron chi connectivity index (χ3n) is 4.96. The van der Waals surface area contributed by atoms with E-state index in [0.717, 1.165) is 42.6 Å². The normalized spacial score (nSPS) is 14.3. The highest BCUT2D eigenvalue weighted by Gasteiger charge is 2.20. The average Bonchev–Trinajstić information content (AvgIpc) is 3.27. The number of nitrogens with one attached hydrogen (secondary N) is 1. The molecule has 1 aliphatic rings. The Hall–Kier alpha value is -3.42. The molecule has 0 spiro atoms. The van der Waals surface area contributed by atoms with Crippen LogP contribution in [0.15, 0.2) is 42.6 Å². The minimum Gasteiger partial charge on any atom is -0.354 e. The molecule has 1 fully saturated rings. The van der Waals surface area contributed by atoms with Gasteiger partial charge in [0.25, 0.3) is 5.91 Å². The SMILES string of the molecule is N#Cc1ccnc(N2CCN(Cc3nnc(C(=O)NCc4ccc(F)cc4)s3)CC2)c1. The van der Waals surface area contributed by atoms with Gasteiger partial charge in [-0.3, -0.25) is 9.69 Å². The van der Waals surface area contributed by atoms with Crippen molar-refractivity contribution < 1.29 is 9.18 Å². The molecule has 1 saturated heterocycles. The third kappa shape index (κ3) is 5.39. The van der Waals surface area contributed by atoms with E-state index in [1.807, 2.05) is 0 Å². The molecule has 0 unspecified atom stereocenters. The summed E-state index contributed by atoms with van der Waals surface area (Å²) in [6, 6.07) is 11.6. The molecule has 0 saturated carbocycles. The van der Waals surface area contributed by atoms with Crippen LogP contribution < -0.4 is 10.2 Å². The third-order valence-corrected chi connectivity index (χ3v) is 5.86. The van der Waals surface area contributed by atoms with Crippen LogP contribution in [0, 0.1) is 17.1 Å². The fourth-order valence-corrected chi connectivity index (χ4v) is 4.06. The van der Waals surface area contributed by atoms with Gasteiger partial charge in [0.1, 0.15) is 16.6 Å². The van der Waals surface area contributed by atoms with E-state index in [1.165, 1.54) is 23.5 Å². The lowest BCUT2D eigenvalue weighted by molar-refractivity contribution is 0.0950. The number of hydrogen-bond donors (Lipinski definition) is 1. The summed E-state index contributed by atoms with van der Waals surface area (Å²) in [6.07, 6.45) is 1.66. The number of rotatable bonds is 6. The molecular formula is C21H20FN7OS. The maximum atomic E-state index is 13.0. The lowest BCUT2D eigenvalue weighted by atomic mass is 10.2. The van der Waals surface area contributed by atoms with Gasteiger partial charge in [-0.1, -0.05) is 23.5 Å². The fraction of sp³-hybridized carbons (Fsp3) is 0.286. The zero-order valence-corrected chi connectivity index (χ0v) is 17.5. The molecular weight excluding hydrogens is 417 g/mol. The maximum Gasteiger partial charge on any atom is 0.282 e. The van der Waals surface area contributed by atoms with Gasteiger partial charge in [0.2, 0.25) is 5.01 Å². The van der Waals surface area contributed by atoms with E-state index in [9.17, 15) is 9.18 Å². The molecule has 0 bridgehead atoms. The summed E-state index contributed by atoms with van der Waals surface area (Å²) in [5.74, 6) is 0.215. The second kappa shape index (κ2) is 9.59. The quantitative estimate of drug-likeness (QED) is 0.631. The second-order valence-corrected chi connectivity index (χ2v) is 8.15. The maximum absolute atomic E-state index is 13.0. The molecule has 31 heavy (non-hydrogen) atoms. The van der Waals surface area contributed by atoms with E-state index in [2.05, 4.69) is 36.4 Å². The highest BCUT2D eigenvalue weighted by atomic mass is 32.1. The van der Waals surface area contributed by atoms with E-state index in [4.69, 9.17) is 5.26 Å². The Morgan fingerprint density at radius 3 is 2.68 bits per heavy atom. The Balaban J connectivity index is 1.27. The van der Waals surface area contributed by atoms with Crippen molar-refractivity contribution in [1.29, 1.82) is 5.26 Å². The molecule has 158 valence electrons. The first-order chi connectivity index (χ1) is 15.1. The molecule has 3 aromatic rings. The summed E-state index contributed by atoms with van der Waals surface area (Å²) in [5, 5.41) is 21.1. The first-order valence-corrected chi connectivity index (χ1v) is 10.6. The number of pyridine rings is 1. The van der Waals surface area contributed by atoms with Crippen LogP contribution in [0.5, 0.6) is 0 Å². The van der Waals surface area contributed by atoms with Crippen molar-refractivity contribution in [2.24, 2.45) is 0 Å². The number of anilines is 1. The number of nitriles is 1. The number of carbonyl (C=O) groups excluding carboxylic acids is 1. The Labute approximate surface area is 183 Å². The second-order valence-electron chi connectivity index (χ2n) is 7.09. The lowest BCUT2D eigenvalue weighted by Crippen LogP contribution is -2.46. The number of halogens is 1. The summed E-state index contributed by atoms with van der Waals surface area (Å²) >= 11 is 1.28. The van der Waals surface area contributed by atoms with Crippen molar-refractivity contribution in [2.45, 2.75) is 13.1 Å². The summed E-state index contributed by atoms with van der Waals surface area (Å²) in [4.78, 5) is 21.1. The van der Waals surface area contributed by atoms with E-state index >= 15 is 0 Å².